The Morgan fingerprint density at radius 3 is 2.38 bits per heavy atom. The van der Waals surface area contributed by atoms with Crippen molar-refractivity contribution in [2.45, 2.75) is 31.7 Å². The Hall–Kier alpha value is -2.54. The predicted molar refractivity (Wildman–Crippen MR) is 85.8 cm³/mol. The first-order valence-corrected chi connectivity index (χ1v) is 8.64. The summed E-state index contributed by atoms with van der Waals surface area (Å²) in [6, 6.07) is 7.73. The molecule has 5 nitrogen and oxygen atoms in total. The van der Waals surface area contributed by atoms with Crippen molar-refractivity contribution in [1.29, 1.82) is 0 Å². The van der Waals surface area contributed by atoms with E-state index in [2.05, 4.69) is 26.5 Å². The summed E-state index contributed by atoms with van der Waals surface area (Å²) >= 11 is 0. The third kappa shape index (κ3) is 2.03. The van der Waals surface area contributed by atoms with Crippen LogP contribution in [0.2, 0.25) is 0 Å². The highest BCUT2D eigenvalue weighted by molar-refractivity contribution is 5.54. The van der Waals surface area contributed by atoms with Crippen molar-refractivity contribution in [2.75, 3.05) is 13.3 Å². The average Bonchev–Trinajstić information content (AvgIpc) is 3.17. The summed E-state index contributed by atoms with van der Waals surface area (Å²) in [7, 11) is 0. The average molecular weight is 359 g/mol. The third-order valence-electron chi connectivity index (χ3n) is 5.61. The van der Waals surface area contributed by atoms with Crippen molar-refractivity contribution in [3.8, 4) is 23.0 Å². The molecule has 7 heteroatoms. The van der Waals surface area contributed by atoms with Crippen LogP contribution in [0.5, 0.6) is 23.0 Å². The van der Waals surface area contributed by atoms with Crippen LogP contribution >= 0.6 is 0 Å². The smallest absolute Gasteiger partial charge is 0.454 e. The van der Waals surface area contributed by atoms with Gasteiger partial charge in [-0.2, -0.15) is 0 Å². The Morgan fingerprint density at radius 2 is 1.58 bits per heavy atom. The van der Waals surface area contributed by atoms with Crippen LogP contribution in [0.1, 0.15) is 28.3 Å². The molecule has 4 aliphatic heterocycles. The molecule has 26 heavy (non-hydrogen) atoms. The van der Waals surface area contributed by atoms with Crippen LogP contribution in [-0.2, 0) is 19.4 Å². The van der Waals surface area contributed by atoms with Crippen molar-refractivity contribution < 1.29 is 27.7 Å². The molecule has 0 fully saturated rings. The van der Waals surface area contributed by atoms with Crippen molar-refractivity contribution >= 4 is 0 Å². The summed E-state index contributed by atoms with van der Waals surface area (Å²) in [5, 5.41) is 0. The number of hydrogen-bond acceptors (Lipinski definition) is 5. The maximum atomic E-state index is 13.4. The monoisotopic (exact) mass is 359 g/mol. The van der Waals surface area contributed by atoms with Gasteiger partial charge in [-0.15, -0.1) is 8.78 Å². The normalized spacial score (nSPS) is 24.0. The molecule has 2 aromatic rings. The first-order chi connectivity index (χ1) is 12.6. The molecule has 6 rings (SSSR count). The van der Waals surface area contributed by atoms with Gasteiger partial charge in [0.15, 0.2) is 23.0 Å². The molecule has 0 aromatic heterocycles. The molecule has 0 bridgehead atoms. The van der Waals surface area contributed by atoms with Crippen molar-refractivity contribution in [3.05, 3.63) is 46.5 Å². The highest BCUT2D eigenvalue weighted by Crippen LogP contribution is 2.47. The van der Waals surface area contributed by atoms with E-state index < -0.39 is 6.29 Å². The fourth-order valence-electron chi connectivity index (χ4n) is 4.42. The highest BCUT2D eigenvalue weighted by atomic mass is 19.3. The van der Waals surface area contributed by atoms with Gasteiger partial charge in [-0.1, -0.05) is 0 Å². The second kappa shape index (κ2) is 4.79. The lowest BCUT2D eigenvalue weighted by Gasteiger charge is -2.41. The van der Waals surface area contributed by atoms with Crippen molar-refractivity contribution in [2.24, 2.45) is 0 Å². The molecule has 134 valence electrons. The van der Waals surface area contributed by atoms with E-state index in [1.54, 1.807) is 12.1 Å². The van der Waals surface area contributed by atoms with Gasteiger partial charge in [-0.05, 0) is 59.4 Å². The molecule has 0 radical (unpaired) electrons. The molecule has 0 aliphatic carbocycles. The number of hydrogen-bond donors (Lipinski definition) is 0. The van der Waals surface area contributed by atoms with Crippen LogP contribution in [0, 0.1) is 0 Å². The molecule has 2 aromatic carbocycles. The van der Waals surface area contributed by atoms with Gasteiger partial charge in [0.05, 0.1) is 0 Å². The van der Waals surface area contributed by atoms with Crippen LogP contribution in [0.25, 0.3) is 0 Å². The number of fused-ring (bicyclic) bond motifs is 6. The number of halogens is 2. The van der Waals surface area contributed by atoms with Crippen LogP contribution in [0.15, 0.2) is 24.3 Å². The summed E-state index contributed by atoms with van der Waals surface area (Å²) in [5.74, 6) is 1.82. The van der Waals surface area contributed by atoms with Gasteiger partial charge < -0.3 is 18.9 Å². The van der Waals surface area contributed by atoms with Crippen LogP contribution in [-0.4, -0.2) is 24.5 Å². The first-order valence-electron chi connectivity index (χ1n) is 8.64. The van der Waals surface area contributed by atoms with E-state index in [-0.39, 0.29) is 24.3 Å². The van der Waals surface area contributed by atoms with Crippen LogP contribution in [0.3, 0.4) is 0 Å². The molecular weight excluding hydrogens is 344 g/mol. The van der Waals surface area contributed by atoms with Gasteiger partial charge in [-0.25, -0.2) is 0 Å². The quantitative estimate of drug-likeness (QED) is 0.721. The lowest BCUT2D eigenvalue weighted by Crippen LogP contribution is -2.39. The number of nitrogens with zero attached hydrogens (tertiary/aromatic N) is 1. The zero-order chi connectivity index (χ0) is 17.5. The predicted octanol–water partition coefficient (Wildman–Crippen LogP) is 3.39. The van der Waals surface area contributed by atoms with E-state index in [0.717, 1.165) is 42.0 Å². The fraction of sp³-hybridized carbons (Fsp3) is 0.368. The molecule has 0 spiro atoms. The van der Waals surface area contributed by atoms with Crippen molar-refractivity contribution in [1.82, 2.24) is 4.90 Å². The molecule has 1 atom stereocenters. The minimum Gasteiger partial charge on any atom is -0.454 e. The molecule has 0 saturated carbocycles. The molecule has 0 N–H and O–H groups in total. The van der Waals surface area contributed by atoms with E-state index in [9.17, 15) is 8.78 Å². The SMILES string of the molecule is FC1(F)Oc2cc3c(cc2O1)CN1CCc2cc4c(cc2[C@@H]1C3)OCO4. The Labute approximate surface area is 148 Å². The molecule has 4 heterocycles. The first kappa shape index (κ1) is 14.6. The second-order valence-corrected chi connectivity index (χ2v) is 7.08. The van der Waals surface area contributed by atoms with Crippen LogP contribution in [0.4, 0.5) is 8.78 Å². The highest BCUT2D eigenvalue weighted by Gasteiger charge is 2.44. The lowest BCUT2D eigenvalue weighted by molar-refractivity contribution is -0.286. The van der Waals surface area contributed by atoms with Gasteiger partial charge in [0.2, 0.25) is 6.79 Å². The summed E-state index contributed by atoms with van der Waals surface area (Å²) < 4.78 is 47.0. The van der Waals surface area contributed by atoms with Gasteiger partial charge >= 0.3 is 6.29 Å². The van der Waals surface area contributed by atoms with E-state index in [0.29, 0.717) is 6.54 Å². The topological polar surface area (TPSA) is 40.2 Å². The number of rotatable bonds is 0. The third-order valence-corrected chi connectivity index (χ3v) is 5.61. The van der Waals surface area contributed by atoms with Gasteiger partial charge in [-0.3, -0.25) is 4.90 Å². The zero-order valence-electron chi connectivity index (χ0n) is 13.8. The fourth-order valence-corrected chi connectivity index (χ4v) is 4.42. The van der Waals surface area contributed by atoms with E-state index >= 15 is 0 Å². The summed E-state index contributed by atoms with van der Waals surface area (Å²) in [6.45, 7) is 1.88. The summed E-state index contributed by atoms with van der Waals surface area (Å²) in [5.41, 5.74) is 4.54. The Balaban J connectivity index is 1.40. The van der Waals surface area contributed by atoms with Gasteiger partial charge in [0.25, 0.3) is 0 Å². The van der Waals surface area contributed by atoms with Gasteiger partial charge in [0, 0.05) is 19.1 Å². The molecular formula is C19H15F2NO4. The van der Waals surface area contributed by atoms with Crippen molar-refractivity contribution in [3.63, 3.8) is 0 Å². The Morgan fingerprint density at radius 1 is 0.885 bits per heavy atom. The minimum atomic E-state index is -3.58. The van der Waals surface area contributed by atoms with Crippen LogP contribution < -0.4 is 18.9 Å². The Kier molecular flexibility index (Phi) is 2.69. The lowest BCUT2D eigenvalue weighted by atomic mass is 9.83. The summed E-state index contributed by atoms with van der Waals surface area (Å²) in [4.78, 5) is 2.38. The molecule has 4 aliphatic rings. The van der Waals surface area contributed by atoms with E-state index in [1.165, 1.54) is 11.1 Å². The number of benzene rings is 2. The van der Waals surface area contributed by atoms with E-state index in [4.69, 9.17) is 9.47 Å². The molecule has 0 amide bonds. The number of ether oxygens (including phenoxy) is 4. The Bertz CT molecular complexity index is 946. The maximum Gasteiger partial charge on any atom is 0.586 e. The minimum absolute atomic E-state index is 0.115. The standard InChI is InChI=1S/C19H15F2NO4/c20-19(21)25-17-5-11-3-14-13-7-16-15(23-9-24-16)4-10(13)1-2-22(14)8-12(11)6-18(17)26-19/h4-7,14H,1-3,8-9H2/t14-/m0/s1. The van der Waals surface area contributed by atoms with Gasteiger partial charge in [0.1, 0.15) is 0 Å². The second-order valence-electron chi connectivity index (χ2n) is 7.08. The van der Waals surface area contributed by atoms with E-state index in [1.807, 2.05) is 0 Å². The zero-order valence-corrected chi connectivity index (χ0v) is 13.8. The number of alkyl halides is 2. The maximum absolute atomic E-state index is 13.4. The molecule has 0 unspecified atom stereocenters. The largest absolute Gasteiger partial charge is 0.586 e. The summed E-state index contributed by atoms with van der Waals surface area (Å²) in [6.07, 6.45) is -1.91. The molecule has 0 saturated heterocycles.